The van der Waals surface area contributed by atoms with Crippen LogP contribution in [0.5, 0.6) is 0 Å². The van der Waals surface area contributed by atoms with Crippen molar-refractivity contribution in [2.45, 2.75) is 194 Å². The molecular formula is C59H90O6. The highest BCUT2D eigenvalue weighted by molar-refractivity contribution is 5.71. The lowest BCUT2D eigenvalue weighted by atomic mass is 10.1. The van der Waals surface area contributed by atoms with Gasteiger partial charge in [0.25, 0.3) is 0 Å². The first-order valence-corrected chi connectivity index (χ1v) is 25.3. The van der Waals surface area contributed by atoms with E-state index in [2.05, 4.69) is 154 Å². The molecule has 0 bridgehead atoms. The quantitative estimate of drug-likeness (QED) is 0.0263. The molecule has 65 heavy (non-hydrogen) atoms. The van der Waals surface area contributed by atoms with Gasteiger partial charge in [-0.3, -0.25) is 14.4 Å². The van der Waals surface area contributed by atoms with E-state index in [0.29, 0.717) is 19.3 Å². The van der Waals surface area contributed by atoms with Crippen LogP contribution in [0.3, 0.4) is 0 Å². The van der Waals surface area contributed by atoms with Gasteiger partial charge in [0.2, 0.25) is 0 Å². The summed E-state index contributed by atoms with van der Waals surface area (Å²) in [7, 11) is 0. The fourth-order valence-corrected chi connectivity index (χ4v) is 6.12. The van der Waals surface area contributed by atoms with E-state index >= 15 is 0 Å². The van der Waals surface area contributed by atoms with Crippen molar-refractivity contribution in [3.05, 3.63) is 146 Å². The normalized spacial score (nSPS) is 13.3. The zero-order valence-electron chi connectivity index (χ0n) is 41.2. The molecule has 0 aromatic carbocycles. The third-order valence-corrected chi connectivity index (χ3v) is 9.85. The van der Waals surface area contributed by atoms with Crippen LogP contribution in [0.25, 0.3) is 0 Å². The second-order valence-electron chi connectivity index (χ2n) is 16.0. The Labute approximate surface area is 397 Å². The first-order valence-electron chi connectivity index (χ1n) is 25.3. The molecule has 0 heterocycles. The van der Waals surface area contributed by atoms with E-state index in [4.69, 9.17) is 14.2 Å². The predicted octanol–water partition coefficient (Wildman–Crippen LogP) is 16.9. The SMILES string of the molecule is CC/C=C\C/C=C\C/C=C\C/C=C\C/C=C\C/C=C\CCCCCCC(=O)OCC(COC(=O)CCCCCCC)OC(=O)CC/C=C\C/C=C\C/C=C\C/C=C\C/C=C\C/C=C\CC. The molecule has 0 rings (SSSR count). The summed E-state index contributed by atoms with van der Waals surface area (Å²) in [5.41, 5.74) is 0. The number of hydrogen-bond acceptors (Lipinski definition) is 6. The minimum absolute atomic E-state index is 0.124. The lowest BCUT2D eigenvalue weighted by Gasteiger charge is -2.18. The van der Waals surface area contributed by atoms with Crippen molar-refractivity contribution in [2.75, 3.05) is 13.2 Å². The van der Waals surface area contributed by atoms with Gasteiger partial charge < -0.3 is 14.2 Å². The van der Waals surface area contributed by atoms with Crippen molar-refractivity contribution < 1.29 is 28.6 Å². The van der Waals surface area contributed by atoms with Gasteiger partial charge in [0.15, 0.2) is 6.10 Å². The Morgan fingerprint density at radius 2 is 0.631 bits per heavy atom. The molecule has 0 aliphatic rings. The number of hydrogen-bond donors (Lipinski definition) is 0. The molecule has 0 saturated heterocycles. The van der Waals surface area contributed by atoms with Gasteiger partial charge in [-0.2, -0.15) is 0 Å². The molecule has 0 spiro atoms. The molecule has 0 N–H and O–H groups in total. The number of esters is 3. The van der Waals surface area contributed by atoms with E-state index < -0.39 is 12.1 Å². The molecular weight excluding hydrogens is 805 g/mol. The summed E-state index contributed by atoms with van der Waals surface area (Å²) >= 11 is 0. The lowest BCUT2D eigenvalue weighted by Crippen LogP contribution is -2.30. The molecule has 0 aliphatic carbocycles. The number of allylic oxidation sites excluding steroid dienone is 24. The fourth-order valence-electron chi connectivity index (χ4n) is 6.12. The molecule has 1 unspecified atom stereocenters. The van der Waals surface area contributed by atoms with Crippen LogP contribution in [0.15, 0.2) is 146 Å². The Balaban J connectivity index is 4.37. The molecule has 0 saturated carbocycles. The van der Waals surface area contributed by atoms with Gasteiger partial charge in [-0.05, 0) is 109 Å². The number of carbonyl (C=O) groups excluding carboxylic acids is 3. The summed E-state index contributed by atoms with van der Waals surface area (Å²) < 4.78 is 16.6. The lowest BCUT2D eigenvalue weighted by molar-refractivity contribution is -0.166. The number of carbonyl (C=O) groups is 3. The van der Waals surface area contributed by atoms with Crippen molar-refractivity contribution in [1.29, 1.82) is 0 Å². The Bertz CT molecular complexity index is 1490. The van der Waals surface area contributed by atoms with Crippen LogP contribution in [0.1, 0.15) is 188 Å². The molecule has 6 nitrogen and oxygen atoms in total. The van der Waals surface area contributed by atoms with Crippen molar-refractivity contribution in [3.8, 4) is 0 Å². The topological polar surface area (TPSA) is 78.9 Å². The number of ether oxygens (including phenoxy) is 3. The summed E-state index contributed by atoms with van der Waals surface area (Å²) in [5.74, 6) is -1.06. The van der Waals surface area contributed by atoms with Crippen LogP contribution in [0.4, 0.5) is 0 Å². The maximum absolute atomic E-state index is 12.7. The van der Waals surface area contributed by atoms with Crippen LogP contribution < -0.4 is 0 Å². The average molecular weight is 895 g/mol. The highest BCUT2D eigenvalue weighted by atomic mass is 16.6. The molecule has 6 heteroatoms. The molecule has 0 amide bonds. The molecule has 0 radical (unpaired) electrons. The summed E-state index contributed by atoms with van der Waals surface area (Å²) in [5, 5.41) is 0. The van der Waals surface area contributed by atoms with Crippen molar-refractivity contribution in [3.63, 3.8) is 0 Å². The summed E-state index contributed by atoms with van der Waals surface area (Å²) in [6.07, 6.45) is 74.5. The maximum Gasteiger partial charge on any atom is 0.306 e. The Kier molecular flexibility index (Phi) is 48.2. The highest BCUT2D eigenvalue weighted by Crippen LogP contribution is 2.10. The van der Waals surface area contributed by atoms with E-state index in [-0.39, 0.29) is 31.6 Å². The summed E-state index contributed by atoms with van der Waals surface area (Å²) in [4.78, 5) is 37.6. The van der Waals surface area contributed by atoms with Crippen molar-refractivity contribution >= 4 is 17.9 Å². The third-order valence-electron chi connectivity index (χ3n) is 9.85. The minimum Gasteiger partial charge on any atom is -0.462 e. The van der Waals surface area contributed by atoms with Crippen molar-refractivity contribution in [1.82, 2.24) is 0 Å². The molecule has 0 aromatic heterocycles. The first kappa shape index (κ1) is 60.3. The fraction of sp³-hybridized carbons (Fsp3) is 0.542. The van der Waals surface area contributed by atoms with Gasteiger partial charge in [-0.1, -0.05) is 205 Å². The second kappa shape index (κ2) is 51.9. The summed E-state index contributed by atoms with van der Waals surface area (Å²) in [6, 6.07) is 0. The number of rotatable bonds is 43. The van der Waals surface area contributed by atoms with E-state index in [1.807, 2.05) is 12.2 Å². The van der Waals surface area contributed by atoms with Crippen LogP contribution in [-0.4, -0.2) is 37.2 Å². The third kappa shape index (κ3) is 50.2. The average Bonchev–Trinajstić information content (AvgIpc) is 3.30. The Morgan fingerprint density at radius 1 is 0.323 bits per heavy atom. The standard InChI is InChI=1S/C59H90O6/c1-4-7-10-13-15-17-19-21-23-25-27-28-29-30-32-33-35-37-39-41-43-46-49-52-58(61)64-55-56(54-63-57(60)51-48-45-12-9-6-3)65-59(62)53-50-47-44-42-40-38-36-34-31-26-24-22-20-18-16-14-11-8-5-2/h7-8,10-11,15-18,21-24,27-28,30-32,34-35,37-38,40,44,47,56H,4-6,9,12-14,19-20,25-26,29,33,36,39,41-43,45-46,48-55H2,1-3H3/b10-7-,11-8-,17-15-,18-16-,23-21-,24-22-,28-27-,32-30-,34-31-,37-35-,40-38-,47-44-. The van der Waals surface area contributed by atoms with Gasteiger partial charge >= 0.3 is 17.9 Å². The van der Waals surface area contributed by atoms with Crippen LogP contribution in [-0.2, 0) is 28.6 Å². The van der Waals surface area contributed by atoms with E-state index in [1.54, 1.807) is 0 Å². The molecule has 0 aromatic rings. The molecule has 1 atom stereocenters. The van der Waals surface area contributed by atoms with Gasteiger partial charge in [0, 0.05) is 19.3 Å². The van der Waals surface area contributed by atoms with Gasteiger partial charge in [0.1, 0.15) is 13.2 Å². The highest BCUT2D eigenvalue weighted by Gasteiger charge is 2.19. The van der Waals surface area contributed by atoms with E-state index in [1.165, 1.54) is 0 Å². The zero-order valence-corrected chi connectivity index (χ0v) is 41.2. The zero-order chi connectivity index (χ0) is 47.2. The van der Waals surface area contributed by atoms with Gasteiger partial charge in [-0.15, -0.1) is 0 Å². The number of unbranched alkanes of at least 4 members (excludes halogenated alkanes) is 8. The smallest absolute Gasteiger partial charge is 0.306 e. The van der Waals surface area contributed by atoms with E-state index in [9.17, 15) is 14.4 Å². The first-order chi connectivity index (χ1) is 32.0. The molecule has 0 fully saturated rings. The second-order valence-corrected chi connectivity index (χ2v) is 16.0. The van der Waals surface area contributed by atoms with Gasteiger partial charge in [-0.25, -0.2) is 0 Å². The Hall–Kier alpha value is -4.71. The minimum atomic E-state index is -0.831. The van der Waals surface area contributed by atoms with Gasteiger partial charge in [0.05, 0.1) is 0 Å². The summed E-state index contributed by atoms with van der Waals surface area (Å²) in [6.45, 7) is 6.20. The van der Waals surface area contributed by atoms with Crippen LogP contribution in [0.2, 0.25) is 0 Å². The van der Waals surface area contributed by atoms with Crippen molar-refractivity contribution in [2.24, 2.45) is 0 Å². The Morgan fingerprint density at radius 3 is 0.985 bits per heavy atom. The predicted molar refractivity (Wildman–Crippen MR) is 279 cm³/mol. The van der Waals surface area contributed by atoms with Crippen LogP contribution >= 0.6 is 0 Å². The molecule has 0 aliphatic heterocycles. The van der Waals surface area contributed by atoms with Crippen LogP contribution in [0, 0.1) is 0 Å². The largest absolute Gasteiger partial charge is 0.462 e. The monoisotopic (exact) mass is 895 g/mol. The van der Waals surface area contributed by atoms with E-state index in [0.717, 1.165) is 141 Å². The molecule has 362 valence electrons. The maximum atomic E-state index is 12.7.